The molecule has 0 atom stereocenters. The zero-order valence-electron chi connectivity index (χ0n) is 15.3. The maximum Gasteiger partial charge on any atom is 0.270 e. The average molecular weight is 467 g/mol. The van der Waals surface area contributed by atoms with E-state index in [0.717, 1.165) is 26.6 Å². The number of carbonyl (C=O) groups excluding carboxylic acids is 2. The molecule has 1 saturated heterocycles. The number of ether oxygens (including phenoxy) is 1. The van der Waals surface area contributed by atoms with Gasteiger partial charge in [0.2, 0.25) is 0 Å². The van der Waals surface area contributed by atoms with Gasteiger partial charge in [0.1, 0.15) is 11.3 Å². The highest BCUT2D eigenvalue weighted by Gasteiger charge is 2.34. The molecule has 0 aliphatic carbocycles. The van der Waals surface area contributed by atoms with Crippen molar-refractivity contribution in [1.82, 2.24) is 5.32 Å². The maximum absolute atomic E-state index is 13.2. The van der Waals surface area contributed by atoms with E-state index in [2.05, 4.69) is 21.2 Å². The van der Waals surface area contributed by atoms with Crippen molar-refractivity contribution in [2.24, 2.45) is 0 Å². The van der Waals surface area contributed by atoms with Gasteiger partial charge >= 0.3 is 0 Å². The first kappa shape index (κ1) is 19.3. The van der Waals surface area contributed by atoms with E-state index in [9.17, 15) is 9.59 Å². The van der Waals surface area contributed by atoms with E-state index < -0.39 is 11.8 Å². The molecule has 0 aromatic heterocycles. The molecule has 29 heavy (non-hydrogen) atoms. The number of nitrogens with zero attached hydrogens (tertiary/aromatic N) is 1. The third-order valence-corrected chi connectivity index (χ3v) is 5.44. The first-order chi connectivity index (χ1) is 14.0. The highest BCUT2D eigenvalue weighted by Crippen LogP contribution is 2.30. The molecule has 3 aromatic rings. The number of anilines is 1. The van der Waals surface area contributed by atoms with E-state index in [1.807, 2.05) is 48.5 Å². The van der Waals surface area contributed by atoms with Crippen molar-refractivity contribution in [3.63, 3.8) is 0 Å². The van der Waals surface area contributed by atoms with Crippen LogP contribution in [0.15, 0.2) is 70.7 Å². The summed E-state index contributed by atoms with van der Waals surface area (Å²) in [7, 11) is 1.61. The number of hydrogen-bond donors (Lipinski definition) is 1. The van der Waals surface area contributed by atoms with Crippen LogP contribution in [0.4, 0.5) is 5.69 Å². The van der Waals surface area contributed by atoms with Gasteiger partial charge in [0.25, 0.3) is 11.8 Å². The van der Waals surface area contributed by atoms with Crippen LogP contribution < -0.4 is 15.0 Å². The average Bonchev–Trinajstić information content (AvgIpc) is 2.72. The number of amides is 2. The molecule has 1 aliphatic heterocycles. The fraction of sp³-hybridized carbons (Fsp3) is 0.0455. The summed E-state index contributed by atoms with van der Waals surface area (Å²) in [5.41, 5.74) is 1.33. The number of fused-ring (bicyclic) bond motifs is 1. The molecule has 3 aromatic carbocycles. The Morgan fingerprint density at radius 2 is 1.69 bits per heavy atom. The molecule has 7 heteroatoms. The van der Waals surface area contributed by atoms with Gasteiger partial charge in [0, 0.05) is 9.86 Å². The minimum absolute atomic E-state index is 0.0110. The molecule has 4 rings (SSSR count). The van der Waals surface area contributed by atoms with E-state index in [0.29, 0.717) is 5.69 Å². The highest BCUT2D eigenvalue weighted by atomic mass is 79.9. The minimum atomic E-state index is -0.520. The number of carbonyl (C=O) groups is 2. The van der Waals surface area contributed by atoms with E-state index in [1.165, 1.54) is 4.90 Å². The molecule has 0 bridgehead atoms. The number of halogens is 1. The summed E-state index contributed by atoms with van der Waals surface area (Å²) in [6.45, 7) is 0. The van der Waals surface area contributed by atoms with Crippen molar-refractivity contribution in [2.45, 2.75) is 0 Å². The number of thiocarbonyl (C=S) groups is 1. The second-order valence-corrected chi connectivity index (χ2v) is 7.64. The topological polar surface area (TPSA) is 58.6 Å². The van der Waals surface area contributed by atoms with Crippen molar-refractivity contribution in [3.05, 3.63) is 76.3 Å². The molecule has 2 amide bonds. The fourth-order valence-corrected chi connectivity index (χ4v) is 3.78. The molecule has 0 spiro atoms. The van der Waals surface area contributed by atoms with E-state index >= 15 is 0 Å². The van der Waals surface area contributed by atoms with Gasteiger partial charge in [0.05, 0.1) is 12.8 Å². The van der Waals surface area contributed by atoms with Gasteiger partial charge in [-0.25, -0.2) is 0 Å². The van der Waals surface area contributed by atoms with E-state index in [4.69, 9.17) is 17.0 Å². The van der Waals surface area contributed by atoms with Gasteiger partial charge < -0.3 is 4.74 Å². The summed E-state index contributed by atoms with van der Waals surface area (Å²) in [4.78, 5) is 27.1. The molecule has 1 N–H and O–H groups in total. The lowest BCUT2D eigenvalue weighted by atomic mass is 10.00. The first-order valence-electron chi connectivity index (χ1n) is 8.72. The molecule has 0 saturated carbocycles. The Bertz CT molecular complexity index is 1190. The van der Waals surface area contributed by atoms with Crippen LogP contribution in [0.1, 0.15) is 5.56 Å². The standard InChI is InChI=1S/C22H15BrN2O3S/c1-28-19-11-6-13(16-4-2-3-5-17(16)19)12-18-20(26)24-22(29)25(21(18)27)15-9-7-14(23)8-10-15/h2-12H,1H3,(H,24,26,29)/b18-12+. The van der Waals surface area contributed by atoms with Crippen LogP contribution in [-0.4, -0.2) is 24.0 Å². The van der Waals surface area contributed by atoms with Crippen molar-refractivity contribution in [2.75, 3.05) is 12.0 Å². The van der Waals surface area contributed by atoms with Crippen molar-refractivity contribution >= 4 is 67.6 Å². The second-order valence-electron chi connectivity index (χ2n) is 6.34. The van der Waals surface area contributed by atoms with Crippen molar-refractivity contribution < 1.29 is 14.3 Å². The largest absolute Gasteiger partial charge is 0.496 e. The number of nitrogens with one attached hydrogen (secondary N) is 1. The molecular formula is C22H15BrN2O3S. The Labute approximate surface area is 181 Å². The third-order valence-electron chi connectivity index (χ3n) is 4.62. The lowest BCUT2D eigenvalue weighted by Crippen LogP contribution is -2.54. The lowest BCUT2D eigenvalue weighted by molar-refractivity contribution is -0.122. The highest BCUT2D eigenvalue weighted by molar-refractivity contribution is 9.10. The molecule has 5 nitrogen and oxygen atoms in total. The first-order valence-corrected chi connectivity index (χ1v) is 9.92. The number of methoxy groups -OCH3 is 1. The van der Waals surface area contributed by atoms with Crippen LogP contribution in [0, 0.1) is 0 Å². The van der Waals surface area contributed by atoms with Gasteiger partial charge in [-0.15, -0.1) is 0 Å². The molecule has 144 valence electrons. The zero-order chi connectivity index (χ0) is 20.5. The molecule has 1 fully saturated rings. The fourth-order valence-electron chi connectivity index (χ4n) is 3.24. The van der Waals surface area contributed by atoms with Crippen molar-refractivity contribution in [3.8, 4) is 5.75 Å². The summed E-state index contributed by atoms with van der Waals surface area (Å²) in [5, 5.41) is 4.44. The summed E-state index contributed by atoms with van der Waals surface area (Å²) in [6, 6.07) is 18.4. The van der Waals surface area contributed by atoms with Gasteiger partial charge in [-0.05, 0) is 59.6 Å². The predicted molar refractivity (Wildman–Crippen MR) is 121 cm³/mol. The Morgan fingerprint density at radius 3 is 2.38 bits per heavy atom. The lowest BCUT2D eigenvalue weighted by Gasteiger charge is -2.29. The zero-order valence-corrected chi connectivity index (χ0v) is 17.7. The Hall–Kier alpha value is -3.03. The Kier molecular flexibility index (Phi) is 5.17. The molecule has 1 heterocycles. The van der Waals surface area contributed by atoms with Gasteiger partial charge in [0.15, 0.2) is 5.11 Å². The van der Waals surface area contributed by atoms with Crippen molar-refractivity contribution in [1.29, 1.82) is 0 Å². The van der Waals surface area contributed by atoms with Crippen LogP contribution >= 0.6 is 28.1 Å². The molecule has 1 aliphatic rings. The Balaban J connectivity index is 1.82. The smallest absolute Gasteiger partial charge is 0.270 e. The number of hydrogen-bond acceptors (Lipinski definition) is 4. The second kappa shape index (κ2) is 7.77. The maximum atomic E-state index is 13.2. The van der Waals surface area contributed by atoms with E-state index in [-0.39, 0.29) is 10.7 Å². The quantitative estimate of drug-likeness (QED) is 0.352. The number of rotatable bonds is 3. The van der Waals surface area contributed by atoms with Gasteiger partial charge in [-0.3, -0.25) is 19.8 Å². The van der Waals surface area contributed by atoms with Gasteiger partial charge in [-0.2, -0.15) is 0 Å². The van der Waals surface area contributed by atoms with Crippen LogP contribution in [0.25, 0.3) is 16.8 Å². The summed E-state index contributed by atoms with van der Waals surface area (Å²) < 4.78 is 6.29. The predicted octanol–water partition coefficient (Wildman–Crippen LogP) is 4.44. The van der Waals surface area contributed by atoms with Crippen LogP contribution in [-0.2, 0) is 9.59 Å². The molecule has 0 unspecified atom stereocenters. The Morgan fingerprint density at radius 1 is 1.00 bits per heavy atom. The third kappa shape index (κ3) is 3.54. The van der Waals surface area contributed by atoms with E-state index in [1.54, 1.807) is 25.3 Å². The minimum Gasteiger partial charge on any atom is -0.496 e. The molecule has 0 radical (unpaired) electrons. The van der Waals surface area contributed by atoms with Crippen LogP contribution in [0.3, 0.4) is 0 Å². The number of benzene rings is 3. The van der Waals surface area contributed by atoms with Crippen LogP contribution in [0.5, 0.6) is 5.75 Å². The summed E-state index contributed by atoms with van der Waals surface area (Å²) in [6.07, 6.45) is 1.59. The summed E-state index contributed by atoms with van der Waals surface area (Å²) in [5.74, 6) is -0.269. The SMILES string of the molecule is COc1ccc(/C=C2\C(=O)NC(=S)N(c3ccc(Br)cc3)C2=O)c2ccccc12. The van der Waals surface area contributed by atoms with Gasteiger partial charge in [-0.1, -0.05) is 46.3 Å². The normalized spacial score (nSPS) is 15.7. The summed E-state index contributed by atoms with van der Waals surface area (Å²) >= 11 is 8.61. The van der Waals surface area contributed by atoms with Crippen LogP contribution in [0.2, 0.25) is 0 Å². The molecular weight excluding hydrogens is 452 g/mol. The monoisotopic (exact) mass is 466 g/mol.